The van der Waals surface area contributed by atoms with Gasteiger partial charge in [-0.25, -0.2) is 9.97 Å². The second-order valence-corrected chi connectivity index (χ2v) is 4.37. The van der Waals surface area contributed by atoms with Crippen LogP contribution in [0.25, 0.3) is 0 Å². The maximum Gasteiger partial charge on any atom is 0.288 e. The summed E-state index contributed by atoms with van der Waals surface area (Å²) in [7, 11) is 0. The summed E-state index contributed by atoms with van der Waals surface area (Å²) in [5.74, 6) is 1.16. The van der Waals surface area contributed by atoms with Crippen molar-refractivity contribution in [2.75, 3.05) is 5.32 Å². The van der Waals surface area contributed by atoms with Crippen LogP contribution in [0.5, 0.6) is 0 Å². The second kappa shape index (κ2) is 5.08. The first-order valence-corrected chi connectivity index (χ1v) is 5.79. The molecule has 0 amide bonds. The molecule has 0 unspecified atom stereocenters. The van der Waals surface area contributed by atoms with Gasteiger partial charge >= 0.3 is 0 Å². The largest absolute Gasteiger partial charge is 0.359 e. The summed E-state index contributed by atoms with van der Waals surface area (Å²) in [5.41, 5.74) is -0.0697. The van der Waals surface area contributed by atoms with E-state index in [9.17, 15) is 10.1 Å². The Morgan fingerprint density at radius 2 is 2.33 bits per heavy atom. The van der Waals surface area contributed by atoms with Gasteiger partial charge in [-0.1, -0.05) is 0 Å². The molecule has 2 aromatic heterocycles. The fraction of sp³-hybridized carbons (Fsp3) is 0.222. The Morgan fingerprint density at radius 3 is 2.89 bits per heavy atom. The average molecular weight is 313 g/mol. The Kier molecular flexibility index (Phi) is 3.51. The molecule has 18 heavy (non-hydrogen) atoms. The SMILES string of the molecule is C[C@@H](Nc1ncc([N+](=O)[O-])cc1Br)c1ncn[nH]1. The van der Waals surface area contributed by atoms with Crippen molar-refractivity contribution in [3.63, 3.8) is 0 Å². The minimum Gasteiger partial charge on any atom is -0.359 e. The number of aromatic nitrogens is 4. The molecule has 2 N–H and O–H groups in total. The molecule has 0 saturated heterocycles. The summed E-state index contributed by atoms with van der Waals surface area (Å²) in [6.07, 6.45) is 2.60. The van der Waals surface area contributed by atoms with Gasteiger partial charge < -0.3 is 5.32 Å². The van der Waals surface area contributed by atoms with E-state index in [-0.39, 0.29) is 11.7 Å². The van der Waals surface area contributed by atoms with Crippen molar-refractivity contribution in [3.8, 4) is 0 Å². The van der Waals surface area contributed by atoms with Crippen molar-refractivity contribution in [1.82, 2.24) is 20.2 Å². The molecule has 0 aliphatic carbocycles. The maximum absolute atomic E-state index is 10.6. The molecule has 2 rings (SSSR count). The third kappa shape index (κ3) is 2.62. The molecule has 0 spiro atoms. The Bertz CT molecular complexity index is 558. The number of nitrogens with one attached hydrogen (secondary N) is 2. The number of H-pyrrole nitrogens is 1. The van der Waals surface area contributed by atoms with Crippen LogP contribution < -0.4 is 5.32 Å². The van der Waals surface area contributed by atoms with Gasteiger partial charge in [0.05, 0.1) is 15.4 Å². The minimum absolute atomic E-state index is 0.0697. The van der Waals surface area contributed by atoms with Gasteiger partial charge in [0.25, 0.3) is 5.69 Å². The number of nitrogens with zero attached hydrogens (tertiary/aromatic N) is 4. The number of rotatable bonds is 4. The predicted molar refractivity (Wildman–Crippen MR) is 67.0 cm³/mol. The van der Waals surface area contributed by atoms with Crippen LogP contribution >= 0.6 is 15.9 Å². The quantitative estimate of drug-likeness (QED) is 0.660. The van der Waals surface area contributed by atoms with Gasteiger partial charge in [0, 0.05) is 6.07 Å². The molecule has 9 heteroatoms. The van der Waals surface area contributed by atoms with E-state index in [1.807, 2.05) is 6.92 Å². The Balaban J connectivity index is 2.17. The lowest BCUT2D eigenvalue weighted by atomic mass is 10.3. The van der Waals surface area contributed by atoms with Crippen molar-refractivity contribution in [2.45, 2.75) is 13.0 Å². The summed E-state index contributed by atoms with van der Waals surface area (Å²) >= 11 is 3.23. The van der Waals surface area contributed by atoms with E-state index in [1.54, 1.807) is 0 Å². The maximum atomic E-state index is 10.6. The summed E-state index contributed by atoms with van der Waals surface area (Å²) in [6, 6.07) is 1.25. The smallest absolute Gasteiger partial charge is 0.288 e. The number of aromatic amines is 1. The zero-order chi connectivity index (χ0) is 13.1. The number of halogens is 1. The van der Waals surface area contributed by atoms with Crippen molar-refractivity contribution in [1.29, 1.82) is 0 Å². The van der Waals surface area contributed by atoms with Crippen LogP contribution in [0.15, 0.2) is 23.1 Å². The van der Waals surface area contributed by atoms with Crippen molar-refractivity contribution in [3.05, 3.63) is 39.0 Å². The molecule has 2 heterocycles. The summed E-state index contributed by atoms with van der Waals surface area (Å²) in [4.78, 5) is 18.1. The molecule has 0 aromatic carbocycles. The molecular weight excluding hydrogens is 304 g/mol. The summed E-state index contributed by atoms with van der Waals surface area (Å²) < 4.78 is 0.517. The Morgan fingerprint density at radius 1 is 1.56 bits per heavy atom. The van der Waals surface area contributed by atoms with Crippen molar-refractivity contribution < 1.29 is 4.92 Å². The number of pyridine rings is 1. The molecule has 8 nitrogen and oxygen atoms in total. The van der Waals surface area contributed by atoms with E-state index in [4.69, 9.17) is 0 Å². The lowest BCUT2D eigenvalue weighted by molar-refractivity contribution is -0.385. The van der Waals surface area contributed by atoms with Crippen LogP contribution in [0.4, 0.5) is 11.5 Å². The Hall–Kier alpha value is -2.03. The molecule has 0 saturated carbocycles. The average Bonchev–Trinajstić information content (AvgIpc) is 2.85. The van der Waals surface area contributed by atoms with E-state index in [2.05, 4.69) is 41.4 Å². The monoisotopic (exact) mass is 312 g/mol. The highest BCUT2D eigenvalue weighted by atomic mass is 79.9. The molecular formula is C9H9BrN6O2. The molecule has 1 atom stereocenters. The van der Waals surface area contributed by atoms with Crippen LogP contribution in [0.2, 0.25) is 0 Å². The van der Waals surface area contributed by atoms with E-state index in [0.29, 0.717) is 16.1 Å². The molecule has 0 bridgehead atoms. The highest BCUT2D eigenvalue weighted by Crippen LogP contribution is 2.26. The number of anilines is 1. The highest BCUT2D eigenvalue weighted by molar-refractivity contribution is 9.10. The normalized spacial score (nSPS) is 12.1. The lowest BCUT2D eigenvalue weighted by Gasteiger charge is -2.12. The standard InChI is InChI=1S/C9H9BrN6O2/c1-5(8-12-4-13-15-8)14-9-7(10)2-6(3-11-9)16(17)18/h2-5H,1H3,(H,11,14)(H,12,13,15)/t5-/m1/s1. The van der Waals surface area contributed by atoms with Gasteiger partial charge in [0.2, 0.25) is 0 Å². The fourth-order valence-corrected chi connectivity index (χ4v) is 1.78. The van der Waals surface area contributed by atoms with E-state index >= 15 is 0 Å². The first-order chi connectivity index (χ1) is 8.58. The number of hydrogen-bond acceptors (Lipinski definition) is 6. The van der Waals surface area contributed by atoms with Crippen LogP contribution in [-0.2, 0) is 0 Å². The van der Waals surface area contributed by atoms with Crippen LogP contribution in [0, 0.1) is 10.1 Å². The van der Waals surface area contributed by atoms with E-state index in [1.165, 1.54) is 18.6 Å². The topological polar surface area (TPSA) is 110 Å². The zero-order valence-electron chi connectivity index (χ0n) is 9.29. The van der Waals surface area contributed by atoms with Gasteiger partial charge in [-0.3, -0.25) is 15.2 Å². The van der Waals surface area contributed by atoms with Crippen LogP contribution in [0.1, 0.15) is 18.8 Å². The van der Waals surface area contributed by atoms with Gasteiger partial charge in [-0.2, -0.15) is 5.10 Å². The molecule has 0 fully saturated rings. The highest BCUT2D eigenvalue weighted by Gasteiger charge is 2.14. The first kappa shape index (κ1) is 12.4. The predicted octanol–water partition coefficient (Wildman–Crippen LogP) is 2.04. The van der Waals surface area contributed by atoms with Gasteiger partial charge in [-0.05, 0) is 22.9 Å². The summed E-state index contributed by atoms with van der Waals surface area (Å²) in [5, 5.41) is 20.1. The lowest BCUT2D eigenvalue weighted by Crippen LogP contribution is -2.10. The molecule has 0 aliphatic heterocycles. The first-order valence-electron chi connectivity index (χ1n) is 4.99. The third-order valence-electron chi connectivity index (χ3n) is 2.23. The van der Waals surface area contributed by atoms with Crippen molar-refractivity contribution in [2.24, 2.45) is 0 Å². The Labute approximate surface area is 110 Å². The molecule has 0 radical (unpaired) electrons. The molecule has 94 valence electrons. The third-order valence-corrected chi connectivity index (χ3v) is 2.84. The van der Waals surface area contributed by atoms with E-state index < -0.39 is 4.92 Å². The van der Waals surface area contributed by atoms with Crippen LogP contribution in [0.3, 0.4) is 0 Å². The number of nitro groups is 1. The second-order valence-electron chi connectivity index (χ2n) is 3.52. The van der Waals surface area contributed by atoms with E-state index in [0.717, 1.165) is 0 Å². The molecule has 0 aliphatic rings. The van der Waals surface area contributed by atoms with Gasteiger partial charge in [0.15, 0.2) is 0 Å². The fourth-order valence-electron chi connectivity index (χ4n) is 1.33. The van der Waals surface area contributed by atoms with Gasteiger partial charge in [-0.15, -0.1) is 0 Å². The van der Waals surface area contributed by atoms with Gasteiger partial charge in [0.1, 0.15) is 24.2 Å². The molecule has 2 aromatic rings. The van der Waals surface area contributed by atoms with Crippen molar-refractivity contribution >= 4 is 27.4 Å². The minimum atomic E-state index is -0.499. The zero-order valence-corrected chi connectivity index (χ0v) is 10.9. The number of hydrogen-bond donors (Lipinski definition) is 2. The summed E-state index contributed by atoms with van der Waals surface area (Å²) in [6.45, 7) is 1.87. The van der Waals surface area contributed by atoms with Crippen LogP contribution in [-0.4, -0.2) is 25.1 Å².